The molecule has 1 atom stereocenters. The van der Waals surface area contributed by atoms with Crippen molar-refractivity contribution >= 4 is 34.4 Å². The molecule has 0 aliphatic carbocycles. The third-order valence-corrected chi connectivity index (χ3v) is 7.54. The molecule has 2 aromatic carbocycles. The summed E-state index contributed by atoms with van der Waals surface area (Å²) in [6.07, 6.45) is 1.32. The molecule has 3 aromatic rings. The highest BCUT2D eigenvalue weighted by atomic mass is 19.1. The highest BCUT2D eigenvalue weighted by Gasteiger charge is 2.39. The van der Waals surface area contributed by atoms with Crippen LogP contribution in [-0.4, -0.2) is 63.4 Å². The van der Waals surface area contributed by atoms with Crippen LogP contribution in [0.4, 0.5) is 10.1 Å². The zero-order valence-corrected chi connectivity index (χ0v) is 22.6. The monoisotopic (exact) mass is 522 g/mol. The van der Waals surface area contributed by atoms with Gasteiger partial charge in [-0.3, -0.25) is 24.2 Å². The molecule has 9 heteroatoms. The number of imide groups is 1. The van der Waals surface area contributed by atoms with Crippen LogP contribution in [0.3, 0.4) is 0 Å². The van der Waals surface area contributed by atoms with Gasteiger partial charge < -0.3 is 15.0 Å². The van der Waals surface area contributed by atoms with Gasteiger partial charge in [0.15, 0.2) is 0 Å². The summed E-state index contributed by atoms with van der Waals surface area (Å²) < 4.78 is 15.9. The predicted octanol–water partition coefficient (Wildman–Crippen LogP) is 4.49. The number of aromatic nitrogens is 1. The predicted molar refractivity (Wildman–Crippen MR) is 145 cm³/mol. The molecule has 1 fully saturated rings. The summed E-state index contributed by atoms with van der Waals surface area (Å²) in [4.78, 5) is 40.5. The minimum atomic E-state index is -1.02. The number of carbonyl (C=O) groups is 3. The van der Waals surface area contributed by atoms with Crippen LogP contribution in [0.15, 0.2) is 30.3 Å². The first-order valence-electron chi connectivity index (χ1n) is 12.9. The average molecular weight is 523 g/mol. The lowest BCUT2D eigenvalue weighted by atomic mass is 10.0. The molecule has 1 unspecified atom stereocenters. The number of fused-ring (bicyclic) bond motifs is 1. The first kappa shape index (κ1) is 27.3. The van der Waals surface area contributed by atoms with E-state index in [9.17, 15) is 18.8 Å². The molecule has 1 aliphatic heterocycles. The molecule has 1 aliphatic rings. The molecule has 1 saturated heterocycles. The van der Waals surface area contributed by atoms with Crippen LogP contribution in [0, 0.1) is 26.6 Å². The Balaban J connectivity index is 1.72. The van der Waals surface area contributed by atoms with Gasteiger partial charge in [0.05, 0.1) is 23.8 Å². The van der Waals surface area contributed by atoms with Crippen molar-refractivity contribution in [1.82, 2.24) is 14.4 Å². The molecule has 202 valence electrons. The molecule has 0 spiro atoms. The number of likely N-dealkylation sites (tertiary alicyclic amines) is 1. The lowest BCUT2D eigenvalue weighted by Gasteiger charge is -2.21. The van der Waals surface area contributed by atoms with Gasteiger partial charge in [0.1, 0.15) is 5.82 Å². The normalized spacial score (nSPS) is 15.6. The molecule has 0 saturated carbocycles. The minimum absolute atomic E-state index is 0.233. The number of anilines is 1. The molecule has 2 N–H and O–H groups in total. The number of aryl methyl sites for hydroxylation is 3. The van der Waals surface area contributed by atoms with Gasteiger partial charge in [0.25, 0.3) is 5.91 Å². The van der Waals surface area contributed by atoms with Crippen LogP contribution in [0.1, 0.15) is 52.5 Å². The maximum Gasteiger partial charge on any atom is 0.317 e. The maximum absolute atomic E-state index is 13.6. The Bertz CT molecular complexity index is 1410. The van der Waals surface area contributed by atoms with E-state index in [0.29, 0.717) is 18.5 Å². The van der Waals surface area contributed by atoms with Crippen molar-refractivity contribution in [2.45, 2.75) is 59.7 Å². The van der Waals surface area contributed by atoms with Gasteiger partial charge in [-0.25, -0.2) is 4.39 Å². The number of nitrogens with one attached hydrogen (secondary N) is 1. The van der Waals surface area contributed by atoms with Crippen molar-refractivity contribution in [3.8, 4) is 0 Å². The summed E-state index contributed by atoms with van der Waals surface area (Å²) in [5.74, 6) is -2.09. The van der Waals surface area contributed by atoms with E-state index in [4.69, 9.17) is 5.11 Å². The van der Waals surface area contributed by atoms with Gasteiger partial charge >= 0.3 is 5.97 Å². The number of amides is 2. The number of carbonyl (C=O) groups excluding carboxylic acids is 2. The third kappa shape index (κ3) is 5.15. The summed E-state index contributed by atoms with van der Waals surface area (Å²) in [7, 11) is 1.58. The van der Waals surface area contributed by atoms with E-state index in [2.05, 4.69) is 23.7 Å². The van der Waals surface area contributed by atoms with Gasteiger partial charge in [0, 0.05) is 36.3 Å². The Morgan fingerprint density at radius 3 is 2.58 bits per heavy atom. The first-order valence-corrected chi connectivity index (χ1v) is 12.9. The van der Waals surface area contributed by atoms with Crippen molar-refractivity contribution in [2.24, 2.45) is 0 Å². The Kier molecular flexibility index (Phi) is 7.87. The van der Waals surface area contributed by atoms with E-state index in [1.165, 1.54) is 21.9 Å². The maximum atomic E-state index is 13.6. The van der Waals surface area contributed by atoms with Crippen molar-refractivity contribution < 1.29 is 23.9 Å². The molecule has 2 heterocycles. The lowest BCUT2D eigenvalue weighted by molar-refractivity contribution is -0.139. The van der Waals surface area contributed by atoms with E-state index >= 15 is 0 Å². The second-order valence-corrected chi connectivity index (χ2v) is 10.1. The Morgan fingerprint density at radius 2 is 1.92 bits per heavy atom. The number of carboxylic acids is 1. The van der Waals surface area contributed by atoms with Crippen molar-refractivity contribution in [3.63, 3.8) is 0 Å². The topological polar surface area (TPSA) is 94.9 Å². The highest BCUT2D eigenvalue weighted by Crippen LogP contribution is 2.34. The summed E-state index contributed by atoms with van der Waals surface area (Å²) in [6, 6.07) is 7.68. The second kappa shape index (κ2) is 10.9. The highest BCUT2D eigenvalue weighted by molar-refractivity contribution is 6.10. The van der Waals surface area contributed by atoms with Crippen molar-refractivity contribution in [3.05, 3.63) is 64.1 Å². The number of aliphatic carboxylic acids is 1. The minimum Gasteiger partial charge on any atom is -0.480 e. The van der Waals surface area contributed by atoms with E-state index < -0.39 is 17.9 Å². The van der Waals surface area contributed by atoms with Gasteiger partial charge in [-0.05, 0) is 81.6 Å². The molecule has 2 amide bonds. The number of halogens is 1. The third-order valence-electron chi connectivity index (χ3n) is 7.54. The number of rotatable bonds is 9. The molecule has 8 nitrogen and oxygen atoms in total. The molecular weight excluding hydrogens is 487 g/mol. The quantitative estimate of drug-likeness (QED) is 0.402. The number of likely N-dealkylation sites (N-methyl/N-ethyl adjacent to an activating group) is 1. The number of nitrogens with zero attached hydrogens (tertiary/aromatic N) is 3. The molecule has 4 rings (SSSR count). The number of benzene rings is 2. The van der Waals surface area contributed by atoms with E-state index in [1.54, 1.807) is 19.2 Å². The van der Waals surface area contributed by atoms with Gasteiger partial charge in [0.2, 0.25) is 5.91 Å². The molecule has 1 aromatic heterocycles. The zero-order chi connectivity index (χ0) is 27.7. The number of hydrogen-bond acceptors (Lipinski definition) is 5. The van der Waals surface area contributed by atoms with Crippen LogP contribution < -0.4 is 5.32 Å². The van der Waals surface area contributed by atoms with Gasteiger partial charge in [-0.2, -0.15) is 0 Å². The first-order chi connectivity index (χ1) is 18.0. The number of carboxylic acid groups (broad SMARTS) is 1. The largest absolute Gasteiger partial charge is 0.480 e. The Morgan fingerprint density at radius 1 is 1.18 bits per heavy atom. The molecule has 38 heavy (non-hydrogen) atoms. The van der Waals surface area contributed by atoms with Crippen LogP contribution in [0.25, 0.3) is 10.9 Å². The Labute approximate surface area is 222 Å². The van der Waals surface area contributed by atoms with E-state index in [-0.39, 0.29) is 24.8 Å². The van der Waals surface area contributed by atoms with Gasteiger partial charge in [-0.1, -0.05) is 13.0 Å². The van der Waals surface area contributed by atoms with Crippen LogP contribution in [0.2, 0.25) is 0 Å². The Hall–Kier alpha value is -3.72. The van der Waals surface area contributed by atoms with E-state index in [1.807, 2.05) is 19.9 Å². The van der Waals surface area contributed by atoms with Gasteiger partial charge in [-0.15, -0.1) is 0 Å². The molecular formula is C29H35FN4O4. The van der Waals surface area contributed by atoms with Crippen LogP contribution >= 0.6 is 0 Å². The average Bonchev–Trinajstić information content (AvgIpc) is 3.36. The zero-order valence-electron chi connectivity index (χ0n) is 22.6. The van der Waals surface area contributed by atoms with Crippen LogP contribution in [-0.2, 0) is 22.7 Å². The van der Waals surface area contributed by atoms with Crippen LogP contribution in [0.5, 0.6) is 0 Å². The summed E-state index contributed by atoms with van der Waals surface area (Å²) in [6.45, 7) is 9.29. The fraction of sp³-hybridized carbons (Fsp3) is 0.414. The lowest BCUT2D eigenvalue weighted by Crippen LogP contribution is -2.43. The fourth-order valence-electron chi connectivity index (χ4n) is 5.34. The molecule has 0 radical (unpaired) electrons. The standard InChI is InChI=1S/C29H35FN4O4/c1-6-10-33-19(4)18(3)23-13-21(28(37)34-11-9-25(29(34)38)32(5)16-26(35)36)14-24(27(23)33)31-15-20-7-8-22(30)12-17(20)2/h7-8,12-14,25,31H,6,9-11,15-16H2,1-5H3,(H,35,36). The van der Waals surface area contributed by atoms with Crippen molar-refractivity contribution in [2.75, 3.05) is 25.5 Å². The fourth-order valence-corrected chi connectivity index (χ4v) is 5.34. The SMILES string of the molecule is CCCn1c(C)c(C)c2cc(C(=O)N3CCC(N(C)CC(=O)O)C3=O)cc(NCc3ccc(F)cc3C)c21. The van der Waals surface area contributed by atoms with Crippen molar-refractivity contribution in [1.29, 1.82) is 0 Å². The second-order valence-electron chi connectivity index (χ2n) is 10.1. The smallest absolute Gasteiger partial charge is 0.317 e. The molecule has 0 bridgehead atoms. The number of hydrogen-bond donors (Lipinski definition) is 2. The summed E-state index contributed by atoms with van der Waals surface area (Å²) in [5, 5.41) is 13.5. The summed E-state index contributed by atoms with van der Waals surface area (Å²) >= 11 is 0. The summed E-state index contributed by atoms with van der Waals surface area (Å²) in [5.41, 5.74) is 6.10. The van der Waals surface area contributed by atoms with E-state index in [0.717, 1.165) is 51.9 Å².